The van der Waals surface area contributed by atoms with E-state index in [0.29, 0.717) is 6.42 Å². The maximum absolute atomic E-state index is 11.2. The third kappa shape index (κ3) is 1.02. The lowest BCUT2D eigenvalue weighted by molar-refractivity contribution is -0.116. The lowest BCUT2D eigenvalue weighted by atomic mass is 9.86. The Labute approximate surface area is 89.4 Å². The lowest BCUT2D eigenvalue weighted by Crippen LogP contribution is -2.35. The van der Waals surface area contributed by atoms with Gasteiger partial charge in [-0.15, -0.1) is 0 Å². The van der Waals surface area contributed by atoms with Crippen molar-refractivity contribution < 1.29 is 11.0 Å². The maximum Gasteiger partial charge on any atom is 1.00 e. The Bertz CT molecular complexity index is 490. The lowest BCUT2D eigenvalue weighted by Gasteiger charge is -2.24. The summed E-state index contributed by atoms with van der Waals surface area (Å²) in [6.07, 6.45) is 7.43. The topological polar surface area (TPSA) is 26.3 Å². The van der Waals surface area contributed by atoms with E-state index in [1.807, 2.05) is 42.5 Å². The predicted octanol–water partition coefficient (Wildman–Crippen LogP) is 2.47. The summed E-state index contributed by atoms with van der Waals surface area (Å²) in [7, 11) is 0. The zero-order valence-corrected chi connectivity index (χ0v) is 8.14. The molecule has 2 aliphatic rings. The van der Waals surface area contributed by atoms with Crippen LogP contribution in [0.15, 0.2) is 42.5 Å². The zero-order valence-electron chi connectivity index (χ0n) is 9.14. The van der Waals surface area contributed by atoms with Crippen molar-refractivity contribution in [3.05, 3.63) is 48.1 Å². The Kier molecular flexibility index (Phi) is 1.60. The number of aldehydes is 1. The second-order valence-electron chi connectivity index (χ2n) is 3.82. The fourth-order valence-corrected chi connectivity index (χ4v) is 2.18. The first-order chi connectivity index (χ1) is 7.36. The molecule has 0 N–H and O–H groups in total. The van der Waals surface area contributed by atoms with Gasteiger partial charge in [0, 0.05) is 17.6 Å². The number of rotatable bonds is 1. The molecule has 0 saturated carbocycles. The molecule has 0 saturated heterocycles. The largest absolute Gasteiger partial charge is 1.00 e. The van der Waals surface area contributed by atoms with Crippen molar-refractivity contribution in [3.8, 4) is 5.75 Å². The van der Waals surface area contributed by atoms with Crippen LogP contribution in [-0.4, -0.2) is 11.9 Å². The molecule has 1 aliphatic carbocycles. The van der Waals surface area contributed by atoms with Gasteiger partial charge in [-0.05, 0) is 6.07 Å². The van der Waals surface area contributed by atoms with Crippen molar-refractivity contribution in [3.63, 3.8) is 0 Å². The Morgan fingerprint density at radius 2 is 2.27 bits per heavy atom. The average Bonchev–Trinajstić information content (AvgIpc) is 2.64. The number of hydrogen-bond acceptors (Lipinski definition) is 2. The summed E-state index contributed by atoms with van der Waals surface area (Å²) < 4.78 is 5.76. The molecule has 0 amide bonds. The monoisotopic (exact) mass is 199 g/mol. The molecule has 1 aromatic rings. The van der Waals surface area contributed by atoms with Gasteiger partial charge in [-0.1, -0.05) is 36.4 Å². The predicted molar refractivity (Wildman–Crippen MR) is 58.7 cm³/mol. The van der Waals surface area contributed by atoms with E-state index in [1.54, 1.807) is 0 Å². The fourth-order valence-electron chi connectivity index (χ4n) is 2.18. The highest BCUT2D eigenvalue weighted by Crippen LogP contribution is 2.46. The van der Waals surface area contributed by atoms with Crippen LogP contribution in [0.3, 0.4) is 0 Å². The molecule has 0 radical (unpaired) electrons. The number of carbonyl (C=O) groups is 1. The van der Waals surface area contributed by atoms with E-state index < -0.39 is 5.60 Å². The first-order valence-electron chi connectivity index (χ1n) is 4.98. The van der Waals surface area contributed by atoms with E-state index in [4.69, 9.17) is 4.74 Å². The van der Waals surface area contributed by atoms with Gasteiger partial charge >= 0.3 is 1.43 Å². The van der Waals surface area contributed by atoms with Crippen LogP contribution in [0.25, 0.3) is 5.57 Å². The molecule has 1 aromatic carbocycles. The highest BCUT2D eigenvalue weighted by atomic mass is 16.5. The number of ether oxygens (including phenoxy) is 1. The molecular weight excluding hydrogens is 188 g/mol. The Morgan fingerprint density at radius 1 is 1.40 bits per heavy atom. The highest BCUT2D eigenvalue weighted by Gasteiger charge is 2.43. The van der Waals surface area contributed by atoms with Gasteiger partial charge in [0.05, 0.1) is 0 Å². The van der Waals surface area contributed by atoms with Crippen LogP contribution in [0.5, 0.6) is 5.75 Å². The van der Waals surface area contributed by atoms with Gasteiger partial charge < -0.3 is 4.74 Å². The maximum atomic E-state index is 11.2. The Hall–Kier alpha value is -1.83. The molecular formula is C13H11O2+. The van der Waals surface area contributed by atoms with Crippen LogP contribution < -0.4 is 4.74 Å². The Balaban J connectivity index is 0.000000963. The summed E-state index contributed by atoms with van der Waals surface area (Å²) >= 11 is 0. The van der Waals surface area contributed by atoms with Crippen LogP contribution in [0, 0.1) is 0 Å². The van der Waals surface area contributed by atoms with Crippen LogP contribution in [0.4, 0.5) is 0 Å². The molecule has 1 heterocycles. The SMILES string of the molecule is O=CC12CC=CC=C1c1ccccc1O2.[H+]. The van der Waals surface area contributed by atoms with Crippen LogP contribution >= 0.6 is 0 Å². The average molecular weight is 199 g/mol. The van der Waals surface area contributed by atoms with E-state index in [2.05, 4.69) is 0 Å². The molecule has 2 heteroatoms. The minimum Gasteiger partial charge on any atom is -0.474 e. The van der Waals surface area contributed by atoms with Gasteiger partial charge in [0.15, 0.2) is 11.9 Å². The molecule has 15 heavy (non-hydrogen) atoms. The van der Waals surface area contributed by atoms with Gasteiger partial charge in [0.2, 0.25) is 0 Å². The number of allylic oxidation sites excluding steroid dienone is 2. The van der Waals surface area contributed by atoms with Crippen molar-refractivity contribution in [1.29, 1.82) is 0 Å². The number of para-hydroxylation sites is 1. The first-order valence-corrected chi connectivity index (χ1v) is 4.98. The van der Waals surface area contributed by atoms with Gasteiger partial charge in [0.1, 0.15) is 5.75 Å². The summed E-state index contributed by atoms with van der Waals surface area (Å²) in [5.74, 6) is 0.805. The summed E-state index contributed by atoms with van der Waals surface area (Å²) in [4.78, 5) is 11.2. The van der Waals surface area contributed by atoms with Crippen molar-refractivity contribution in [2.45, 2.75) is 12.0 Å². The summed E-state index contributed by atoms with van der Waals surface area (Å²) in [6, 6.07) is 7.77. The molecule has 0 spiro atoms. The smallest absolute Gasteiger partial charge is 0.474 e. The number of benzene rings is 1. The summed E-state index contributed by atoms with van der Waals surface area (Å²) in [5.41, 5.74) is 1.25. The second kappa shape index (κ2) is 2.83. The van der Waals surface area contributed by atoms with E-state index in [0.717, 1.165) is 23.2 Å². The molecule has 3 rings (SSSR count). The van der Waals surface area contributed by atoms with E-state index in [1.165, 1.54) is 0 Å². The molecule has 1 atom stereocenters. The van der Waals surface area contributed by atoms with Crippen LogP contribution in [-0.2, 0) is 4.79 Å². The third-order valence-corrected chi connectivity index (χ3v) is 2.94. The molecule has 0 aromatic heterocycles. The Morgan fingerprint density at radius 3 is 3.13 bits per heavy atom. The van der Waals surface area contributed by atoms with Crippen molar-refractivity contribution >= 4 is 11.9 Å². The minimum atomic E-state index is -0.765. The number of carbonyl (C=O) groups excluding carboxylic acids is 1. The fraction of sp³-hybridized carbons (Fsp3) is 0.154. The normalized spacial score (nSPS) is 26.3. The van der Waals surface area contributed by atoms with Crippen molar-refractivity contribution in [2.75, 3.05) is 0 Å². The molecule has 1 unspecified atom stereocenters. The minimum absolute atomic E-state index is 0. The van der Waals surface area contributed by atoms with Crippen molar-refractivity contribution in [2.24, 2.45) is 0 Å². The molecule has 0 bridgehead atoms. The zero-order chi connectivity index (χ0) is 10.3. The summed E-state index contributed by atoms with van der Waals surface area (Å²) in [5, 5.41) is 0. The third-order valence-electron chi connectivity index (χ3n) is 2.94. The molecule has 1 aliphatic heterocycles. The van der Waals surface area contributed by atoms with Gasteiger partial charge in [-0.25, -0.2) is 0 Å². The van der Waals surface area contributed by atoms with E-state index in [9.17, 15) is 4.79 Å². The second-order valence-corrected chi connectivity index (χ2v) is 3.82. The van der Waals surface area contributed by atoms with Crippen LogP contribution in [0.2, 0.25) is 0 Å². The number of fused-ring (bicyclic) bond motifs is 3. The summed E-state index contributed by atoms with van der Waals surface area (Å²) in [6.45, 7) is 0. The molecule has 74 valence electrons. The van der Waals surface area contributed by atoms with Crippen molar-refractivity contribution in [1.82, 2.24) is 0 Å². The van der Waals surface area contributed by atoms with E-state index in [-0.39, 0.29) is 1.43 Å². The van der Waals surface area contributed by atoms with E-state index >= 15 is 0 Å². The molecule has 2 nitrogen and oxygen atoms in total. The van der Waals surface area contributed by atoms with Crippen LogP contribution in [0.1, 0.15) is 13.4 Å². The van der Waals surface area contributed by atoms with Gasteiger partial charge in [-0.3, -0.25) is 4.79 Å². The standard InChI is InChI=1S/C13H10O2/c14-9-13-8-4-3-6-11(13)10-5-1-2-7-12(10)15-13/h1-7,9H,8H2/p+1. The molecule has 0 fully saturated rings. The van der Waals surface area contributed by atoms with Gasteiger partial charge in [-0.2, -0.15) is 0 Å². The number of hydrogen-bond donors (Lipinski definition) is 0. The first kappa shape index (κ1) is 8.48. The highest BCUT2D eigenvalue weighted by molar-refractivity contribution is 5.95. The van der Waals surface area contributed by atoms with Gasteiger partial charge in [0.25, 0.3) is 0 Å². The quantitative estimate of drug-likeness (QED) is 0.649.